The van der Waals surface area contributed by atoms with Crippen molar-refractivity contribution in [2.75, 3.05) is 10.6 Å². The summed E-state index contributed by atoms with van der Waals surface area (Å²) in [6.07, 6.45) is 0.618. The molecule has 1 aliphatic carbocycles. The van der Waals surface area contributed by atoms with Gasteiger partial charge in [0.2, 0.25) is 0 Å². The molecular weight excluding hydrogens is 549 g/mol. The number of hydrogen-bond donors (Lipinski definition) is 3. The van der Waals surface area contributed by atoms with Crippen LogP contribution in [0.4, 0.5) is 30.5 Å². The van der Waals surface area contributed by atoms with E-state index in [0.29, 0.717) is 47.0 Å². The molecule has 0 saturated heterocycles. The van der Waals surface area contributed by atoms with Gasteiger partial charge in [0.1, 0.15) is 11.6 Å². The molecule has 0 radical (unpaired) electrons. The average Bonchev–Trinajstić information content (AvgIpc) is 3.65. The van der Waals surface area contributed by atoms with E-state index in [2.05, 4.69) is 35.7 Å². The number of aliphatic hydroxyl groups is 1. The number of pyridine rings is 2. The molecule has 1 aliphatic rings. The molecule has 210 valence electrons. The highest BCUT2D eigenvalue weighted by molar-refractivity contribution is 7.90. The van der Waals surface area contributed by atoms with E-state index >= 15 is 0 Å². The van der Waals surface area contributed by atoms with E-state index in [1.54, 1.807) is 12.1 Å². The number of nitrogens with zero attached hydrogens (tertiary/aromatic N) is 6. The summed E-state index contributed by atoms with van der Waals surface area (Å²) in [5.41, 5.74) is 1.59. The first-order chi connectivity index (χ1) is 18.9. The van der Waals surface area contributed by atoms with Crippen LogP contribution in [0.15, 0.2) is 55.2 Å². The van der Waals surface area contributed by atoms with E-state index in [-0.39, 0.29) is 17.4 Å². The Morgan fingerprint density at radius 3 is 2.48 bits per heavy atom. The summed E-state index contributed by atoms with van der Waals surface area (Å²) in [4.78, 5) is 17.2. The van der Waals surface area contributed by atoms with Crippen molar-refractivity contribution in [1.29, 1.82) is 0 Å². The lowest BCUT2D eigenvalue weighted by molar-refractivity contribution is -0.206. The van der Waals surface area contributed by atoms with Gasteiger partial charge in [0.25, 0.3) is 10.0 Å². The van der Waals surface area contributed by atoms with Gasteiger partial charge in [0.05, 0.1) is 28.9 Å². The predicted molar refractivity (Wildman–Crippen MR) is 141 cm³/mol. The molecule has 1 atom stereocenters. The lowest BCUT2D eigenvalue weighted by Crippen LogP contribution is -2.20. The van der Waals surface area contributed by atoms with Crippen LogP contribution < -0.4 is 10.6 Å². The van der Waals surface area contributed by atoms with Crippen molar-refractivity contribution in [3.63, 3.8) is 0 Å². The minimum absolute atomic E-state index is 0.00873. The highest BCUT2D eigenvalue weighted by atomic mass is 32.2. The first kappa shape index (κ1) is 27.5. The minimum Gasteiger partial charge on any atom is -0.382 e. The van der Waals surface area contributed by atoms with Crippen molar-refractivity contribution in [1.82, 2.24) is 29.1 Å². The molecule has 5 rings (SSSR count). The van der Waals surface area contributed by atoms with Crippen molar-refractivity contribution in [3.8, 4) is 22.6 Å². The Morgan fingerprint density at radius 2 is 1.82 bits per heavy atom. The molecule has 3 N–H and O–H groups in total. The number of halogens is 3. The molecule has 0 aromatic carbocycles. The Hall–Kier alpha value is -4.11. The van der Waals surface area contributed by atoms with Crippen LogP contribution in [0.5, 0.6) is 0 Å². The van der Waals surface area contributed by atoms with Crippen molar-refractivity contribution < 1.29 is 26.7 Å². The highest BCUT2D eigenvalue weighted by Gasteiger charge is 2.39. The molecule has 1 saturated carbocycles. The molecule has 1 unspecified atom stereocenters. The van der Waals surface area contributed by atoms with Crippen LogP contribution >= 0.6 is 0 Å². The minimum atomic E-state index is -4.79. The molecule has 0 bridgehead atoms. The second-order valence-corrected chi connectivity index (χ2v) is 11.6. The zero-order chi connectivity index (χ0) is 28.7. The number of hydrogen-bond acceptors (Lipinski definition) is 10. The van der Waals surface area contributed by atoms with E-state index in [0.717, 1.165) is 10.3 Å². The van der Waals surface area contributed by atoms with Crippen LogP contribution in [0.1, 0.15) is 38.4 Å². The maximum Gasteiger partial charge on any atom is 0.418 e. The lowest BCUT2D eigenvalue weighted by atomic mass is 10.1. The molecule has 40 heavy (non-hydrogen) atoms. The monoisotopic (exact) mass is 574 g/mol. The molecule has 4 aromatic rings. The number of aromatic nitrogens is 6. The molecule has 15 heteroatoms. The van der Waals surface area contributed by atoms with Gasteiger partial charge >= 0.3 is 6.18 Å². The van der Waals surface area contributed by atoms with Gasteiger partial charge in [0, 0.05) is 47.5 Å². The lowest BCUT2D eigenvalue weighted by Gasteiger charge is -2.17. The van der Waals surface area contributed by atoms with Crippen molar-refractivity contribution in [2.24, 2.45) is 0 Å². The van der Waals surface area contributed by atoms with Gasteiger partial charge in [-0.25, -0.2) is 23.4 Å². The van der Waals surface area contributed by atoms with Gasteiger partial charge in [-0.3, -0.25) is 4.98 Å². The van der Waals surface area contributed by atoms with Crippen LogP contribution in [-0.2, 0) is 10.0 Å². The van der Waals surface area contributed by atoms with E-state index in [1.165, 1.54) is 36.9 Å². The first-order valence-corrected chi connectivity index (χ1v) is 13.8. The number of alkyl halides is 3. The maximum absolute atomic E-state index is 12.8. The van der Waals surface area contributed by atoms with Crippen LogP contribution in [0, 0.1) is 0 Å². The Morgan fingerprint density at radius 1 is 1.05 bits per heavy atom. The Labute approximate surface area is 227 Å². The van der Waals surface area contributed by atoms with Crippen molar-refractivity contribution >= 4 is 27.3 Å². The maximum atomic E-state index is 12.8. The first-order valence-electron chi connectivity index (χ1n) is 12.3. The predicted octanol–water partition coefficient (Wildman–Crippen LogP) is 4.30. The third-order valence-corrected chi connectivity index (χ3v) is 8.01. The standard InChI is InChI=1S/C25H25F3N8O3S/c1-14(2)33-20-9-22(31-12-18(20)19-6-3-15(10-30-19)23(37)25(26,27)28)34-21-7-8-29-24(35-21)16-11-32-36(13-16)40(38,39)17-4-5-17/h3,6-14,17,23,37H,4-5H2,1-2H3,(H2,29,31,33,34,35). The molecule has 4 aromatic heterocycles. The van der Waals surface area contributed by atoms with Gasteiger partial charge in [0.15, 0.2) is 11.9 Å². The molecule has 1 fully saturated rings. The summed E-state index contributed by atoms with van der Waals surface area (Å²) < 4.78 is 64.4. The van der Waals surface area contributed by atoms with Crippen molar-refractivity contribution in [2.45, 2.75) is 50.3 Å². The van der Waals surface area contributed by atoms with Gasteiger partial charge in [-0.15, -0.1) is 0 Å². The Bertz CT molecular complexity index is 1620. The third-order valence-electron chi connectivity index (χ3n) is 5.97. The van der Waals surface area contributed by atoms with E-state index in [1.807, 2.05) is 13.8 Å². The molecule has 11 nitrogen and oxygen atoms in total. The summed E-state index contributed by atoms with van der Waals surface area (Å²) in [5, 5.41) is 19.4. The average molecular weight is 575 g/mol. The number of anilines is 3. The number of rotatable bonds is 9. The van der Waals surface area contributed by atoms with Crippen LogP contribution in [0.25, 0.3) is 22.6 Å². The smallest absolute Gasteiger partial charge is 0.382 e. The van der Waals surface area contributed by atoms with Gasteiger partial charge < -0.3 is 15.7 Å². The van der Waals surface area contributed by atoms with Gasteiger partial charge in [-0.2, -0.15) is 22.4 Å². The van der Waals surface area contributed by atoms with Crippen LogP contribution in [0.2, 0.25) is 0 Å². The van der Waals surface area contributed by atoms with Crippen molar-refractivity contribution in [3.05, 3.63) is 60.8 Å². The normalized spacial score (nSPS) is 14.8. The fraction of sp³-hybridized carbons (Fsp3) is 0.320. The van der Waals surface area contributed by atoms with Crippen LogP contribution in [0.3, 0.4) is 0 Å². The van der Waals surface area contributed by atoms with E-state index in [4.69, 9.17) is 0 Å². The summed E-state index contributed by atoms with van der Waals surface area (Å²) in [6.45, 7) is 3.85. The Balaban J connectivity index is 1.39. The van der Waals surface area contributed by atoms with E-state index in [9.17, 15) is 26.7 Å². The summed E-state index contributed by atoms with van der Waals surface area (Å²) in [5.74, 6) is 1.07. The second kappa shape index (κ2) is 10.5. The summed E-state index contributed by atoms with van der Waals surface area (Å²) in [7, 11) is -3.52. The molecule has 0 spiro atoms. The molecule has 0 aliphatic heterocycles. The van der Waals surface area contributed by atoms with E-state index < -0.39 is 27.6 Å². The fourth-order valence-electron chi connectivity index (χ4n) is 3.85. The summed E-state index contributed by atoms with van der Waals surface area (Å²) >= 11 is 0. The van der Waals surface area contributed by atoms with Gasteiger partial charge in [-0.1, -0.05) is 6.07 Å². The molecule has 0 amide bonds. The number of aliphatic hydroxyl groups excluding tert-OH is 1. The van der Waals surface area contributed by atoms with Crippen LogP contribution in [-0.4, -0.2) is 60.1 Å². The highest BCUT2D eigenvalue weighted by Crippen LogP contribution is 2.34. The third kappa shape index (κ3) is 5.89. The molecular formula is C25H25F3N8O3S. The SMILES string of the molecule is CC(C)Nc1cc(Nc2ccnc(-c3cnn(S(=O)(=O)C4CC4)c3)n2)ncc1-c1ccc(C(O)C(F)(F)F)cn1. The summed E-state index contributed by atoms with van der Waals surface area (Å²) in [6, 6.07) is 5.89. The quantitative estimate of drug-likeness (QED) is 0.264. The number of nitrogens with one attached hydrogen (secondary N) is 2. The zero-order valence-electron chi connectivity index (χ0n) is 21.3. The molecule has 4 heterocycles. The second-order valence-electron chi connectivity index (χ2n) is 9.57. The Kier molecular flexibility index (Phi) is 7.18. The fourth-order valence-corrected chi connectivity index (χ4v) is 5.33. The topological polar surface area (TPSA) is 148 Å². The largest absolute Gasteiger partial charge is 0.418 e. The van der Waals surface area contributed by atoms with Gasteiger partial charge in [-0.05, 0) is 38.8 Å². The zero-order valence-corrected chi connectivity index (χ0v) is 22.1.